The van der Waals surface area contributed by atoms with Crippen molar-refractivity contribution in [3.63, 3.8) is 0 Å². The molecule has 1 aliphatic heterocycles. The Kier molecular flexibility index (Phi) is 5.62. The zero-order chi connectivity index (χ0) is 19.5. The number of furan rings is 1. The van der Waals surface area contributed by atoms with Gasteiger partial charge in [0.1, 0.15) is 5.76 Å². The average Bonchev–Trinajstić information content (AvgIpc) is 3.10. The molecule has 2 aliphatic rings. The van der Waals surface area contributed by atoms with Gasteiger partial charge in [-0.05, 0) is 42.9 Å². The maximum Gasteiger partial charge on any atom is 0.392 e. The summed E-state index contributed by atoms with van der Waals surface area (Å²) in [5, 5.41) is 2.60. The maximum atomic E-state index is 13.3. The van der Waals surface area contributed by atoms with Crippen molar-refractivity contribution in [2.24, 2.45) is 11.3 Å². The van der Waals surface area contributed by atoms with Crippen LogP contribution in [0.4, 0.5) is 13.2 Å². The van der Waals surface area contributed by atoms with Gasteiger partial charge in [-0.25, -0.2) is 0 Å². The summed E-state index contributed by atoms with van der Waals surface area (Å²) in [5.41, 5.74) is -0.804. The Bertz CT molecular complexity index is 694. The quantitative estimate of drug-likeness (QED) is 0.792. The summed E-state index contributed by atoms with van der Waals surface area (Å²) in [7, 11) is 0. The predicted octanol–water partition coefficient (Wildman–Crippen LogP) is 3.38. The van der Waals surface area contributed by atoms with E-state index in [1.165, 1.54) is 23.3 Å². The molecular formula is C19H23F3N2O3. The number of halogens is 3. The van der Waals surface area contributed by atoms with E-state index < -0.39 is 17.5 Å². The van der Waals surface area contributed by atoms with E-state index >= 15 is 0 Å². The van der Waals surface area contributed by atoms with E-state index in [0.29, 0.717) is 18.6 Å². The molecule has 0 aromatic carbocycles. The Hall–Kier alpha value is -2.25. The second-order valence-electron chi connectivity index (χ2n) is 7.30. The highest BCUT2D eigenvalue weighted by molar-refractivity contribution is 5.91. The Morgan fingerprint density at radius 2 is 2.15 bits per heavy atom. The molecule has 8 heteroatoms. The monoisotopic (exact) mass is 384 g/mol. The molecule has 1 unspecified atom stereocenters. The first-order valence-corrected chi connectivity index (χ1v) is 9.14. The Morgan fingerprint density at radius 3 is 2.74 bits per heavy atom. The average molecular weight is 384 g/mol. The van der Waals surface area contributed by atoms with Crippen LogP contribution in [0.15, 0.2) is 28.9 Å². The van der Waals surface area contributed by atoms with Crippen LogP contribution in [0.1, 0.15) is 37.9 Å². The smallest absolute Gasteiger partial charge is 0.392 e. The van der Waals surface area contributed by atoms with Gasteiger partial charge in [0.15, 0.2) is 0 Å². The second kappa shape index (κ2) is 7.78. The summed E-state index contributed by atoms with van der Waals surface area (Å²) in [6, 6.07) is 3.40. The molecule has 0 radical (unpaired) electrons. The zero-order valence-electron chi connectivity index (χ0n) is 14.9. The lowest BCUT2D eigenvalue weighted by Gasteiger charge is -2.54. The van der Waals surface area contributed by atoms with Crippen LogP contribution >= 0.6 is 0 Å². The van der Waals surface area contributed by atoms with Crippen molar-refractivity contribution in [2.75, 3.05) is 19.6 Å². The summed E-state index contributed by atoms with van der Waals surface area (Å²) in [6.45, 7) is 0.436. The van der Waals surface area contributed by atoms with Crippen LogP contribution < -0.4 is 5.32 Å². The number of likely N-dealkylation sites (tertiary alicyclic amines) is 1. The summed E-state index contributed by atoms with van der Waals surface area (Å²) in [6.07, 6.45) is 1.98. The van der Waals surface area contributed by atoms with Gasteiger partial charge in [0.25, 0.3) is 0 Å². The molecule has 1 saturated carbocycles. The van der Waals surface area contributed by atoms with Crippen LogP contribution in [-0.2, 0) is 9.59 Å². The molecule has 0 bridgehead atoms. The normalized spacial score (nSPS) is 22.0. The molecule has 148 valence electrons. The third-order valence-corrected chi connectivity index (χ3v) is 5.61. The third-order valence-electron chi connectivity index (χ3n) is 5.61. The van der Waals surface area contributed by atoms with E-state index in [1.807, 2.05) is 0 Å². The molecule has 3 rings (SSSR count). The molecule has 1 spiro atoms. The van der Waals surface area contributed by atoms with Gasteiger partial charge >= 0.3 is 6.18 Å². The van der Waals surface area contributed by atoms with Gasteiger partial charge in [-0.3, -0.25) is 9.59 Å². The van der Waals surface area contributed by atoms with Crippen LogP contribution in [0.2, 0.25) is 0 Å². The molecule has 27 heavy (non-hydrogen) atoms. The fraction of sp³-hybridized carbons (Fsp3) is 0.579. The van der Waals surface area contributed by atoms with E-state index in [-0.39, 0.29) is 44.3 Å². The van der Waals surface area contributed by atoms with Gasteiger partial charge in [0, 0.05) is 32.1 Å². The molecule has 2 amide bonds. The van der Waals surface area contributed by atoms with Crippen LogP contribution in [0, 0.1) is 11.3 Å². The van der Waals surface area contributed by atoms with Gasteiger partial charge in [-0.1, -0.05) is 6.42 Å². The van der Waals surface area contributed by atoms with Gasteiger partial charge in [-0.2, -0.15) is 13.2 Å². The number of hydrogen-bond acceptors (Lipinski definition) is 3. The number of nitrogens with one attached hydrogen (secondary N) is 1. The molecule has 5 nitrogen and oxygen atoms in total. The topological polar surface area (TPSA) is 62.6 Å². The SMILES string of the molecule is O=C(/C=C/c1ccco1)NCCC(=O)N1CCC(C(F)(F)F)C2(CCC2)C1. The lowest BCUT2D eigenvalue weighted by atomic mass is 9.58. The summed E-state index contributed by atoms with van der Waals surface area (Å²) >= 11 is 0. The Labute approximate surface area is 155 Å². The third kappa shape index (κ3) is 4.54. The highest BCUT2D eigenvalue weighted by Crippen LogP contribution is 2.56. The minimum absolute atomic E-state index is 0.0342. The number of carbonyl (C=O) groups excluding carboxylic acids is 2. The molecular weight excluding hydrogens is 361 g/mol. The standard InChI is InChI=1S/C19H23F3N2O3/c20-19(21,22)15-7-11-24(13-18(15)8-2-9-18)17(26)6-10-23-16(25)5-4-14-3-1-12-27-14/h1,3-5,12,15H,2,6-11,13H2,(H,23,25)/b5-4+. The molecule has 2 fully saturated rings. The minimum atomic E-state index is -4.20. The molecule has 1 saturated heterocycles. The van der Waals surface area contributed by atoms with E-state index in [0.717, 1.165) is 6.42 Å². The van der Waals surface area contributed by atoms with E-state index in [9.17, 15) is 22.8 Å². The molecule has 1 N–H and O–H groups in total. The molecule has 1 atom stereocenters. The van der Waals surface area contributed by atoms with E-state index in [2.05, 4.69) is 5.32 Å². The Balaban J connectivity index is 1.45. The van der Waals surface area contributed by atoms with Crippen molar-refractivity contribution in [3.05, 3.63) is 30.2 Å². The molecule has 1 aromatic rings. The number of alkyl halides is 3. The Morgan fingerprint density at radius 1 is 1.37 bits per heavy atom. The first kappa shape index (κ1) is 19.5. The fourth-order valence-electron chi connectivity index (χ4n) is 4.08. The predicted molar refractivity (Wildman–Crippen MR) is 92.4 cm³/mol. The number of carbonyl (C=O) groups is 2. The maximum absolute atomic E-state index is 13.3. The number of hydrogen-bond donors (Lipinski definition) is 1. The van der Waals surface area contributed by atoms with Crippen molar-refractivity contribution in [2.45, 2.75) is 38.3 Å². The van der Waals surface area contributed by atoms with Gasteiger partial charge in [-0.15, -0.1) is 0 Å². The first-order chi connectivity index (χ1) is 12.8. The molecule has 1 aromatic heterocycles. The van der Waals surface area contributed by atoms with E-state index in [4.69, 9.17) is 4.42 Å². The van der Waals surface area contributed by atoms with Crippen molar-refractivity contribution in [1.29, 1.82) is 0 Å². The summed E-state index contributed by atoms with van der Waals surface area (Å²) in [4.78, 5) is 25.6. The number of amides is 2. The van der Waals surface area contributed by atoms with Crippen LogP contribution in [0.5, 0.6) is 0 Å². The molecule has 2 heterocycles. The van der Waals surface area contributed by atoms with Crippen molar-refractivity contribution in [1.82, 2.24) is 10.2 Å². The first-order valence-electron chi connectivity index (χ1n) is 9.14. The van der Waals surface area contributed by atoms with Crippen molar-refractivity contribution in [3.8, 4) is 0 Å². The van der Waals surface area contributed by atoms with Crippen LogP contribution in [0.25, 0.3) is 6.08 Å². The fourth-order valence-corrected chi connectivity index (χ4v) is 4.08. The summed E-state index contributed by atoms with van der Waals surface area (Å²) < 4.78 is 44.9. The number of nitrogens with zero attached hydrogens (tertiary/aromatic N) is 1. The number of rotatable bonds is 5. The minimum Gasteiger partial charge on any atom is -0.465 e. The number of piperidine rings is 1. The summed E-state index contributed by atoms with van der Waals surface area (Å²) in [5.74, 6) is -1.34. The van der Waals surface area contributed by atoms with Crippen LogP contribution in [0.3, 0.4) is 0 Å². The van der Waals surface area contributed by atoms with Crippen molar-refractivity contribution >= 4 is 17.9 Å². The molecule has 1 aliphatic carbocycles. The zero-order valence-corrected chi connectivity index (χ0v) is 14.9. The highest BCUT2D eigenvalue weighted by atomic mass is 19.4. The van der Waals surface area contributed by atoms with Crippen molar-refractivity contribution < 1.29 is 27.2 Å². The highest BCUT2D eigenvalue weighted by Gasteiger charge is 2.58. The van der Waals surface area contributed by atoms with E-state index in [1.54, 1.807) is 12.1 Å². The van der Waals surface area contributed by atoms with Gasteiger partial charge < -0.3 is 14.6 Å². The van der Waals surface area contributed by atoms with Gasteiger partial charge in [0.05, 0.1) is 12.2 Å². The largest absolute Gasteiger partial charge is 0.465 e. The lowest BCUT2D eigenvalue weighted by molar-refractivity contribution is -0.237. The second-order valence-corrected chi connectivity index (χ2v) is 7.30. The van der Waals surface area contributed by atoms with Crippen LogP contribution in [-0.4, -0.2) is 42.5 Å². The lowest BCUT2D eigenvalue weighted by Crippen LogP contribution is -2.57. The van der Waals surface area contributed by atoms with Gasteiger partial charge in [0.2, 0.25) is 11.8 Å².